The number of hydrogen-bond acceptors (Lipinski definition) is 3. The van der Waals surface area contributed by atoms with Crippen LogP contribution < -0.4 is 0 Å². The van der Waals surface area contributed by atoms with Crippen LogP contribution in [0.4, 0.5) is 0 Å². The Morgan fingerprint density at radius 3 is 2.68 bits per heavy atom. The van der Waals surface area contributed by atoms with Crippen molar-refractivity contribution in [3.8, 4) is 0 Å². The Morgan fingerprint density at radius 2 is 2.05 bits per heavy atom. The minimum atomic E-state index is -0.0570. The third kappa shape index (κ3) is 2.83. The number of nitrogens with zero attached hydrogens (tertiary/aromatic N) is 1. The molecule has 118 valence electrons. The van der Waals surface area contributed by atoms with Crippen LogP contribution in [0, 0.1) is 5.92 Å². The number of benzene rings is 1. The van der Waals surface area contributed by atoms with E-state index in [2.05, 4.69) is 64.9 Å². The van der Waals surface area contributed by atoms with Crippen LogP contribution in [0.5, 0.6) is 0 Å². The molecule has 2 aliphatic heterocycles. The molecule has 0 aliphatic carbocycles. The highest BCUT2D eigenvalue weighted by molar-refractivity contribution is 14.1. The number of carbonyl (C=O) groups is 1. The zero-order valence-corrected chi connectivity index (χ0v) is 15.2. The molecule has 1 aromatic rings. The minimum Gasteiger partial charge on any atom is -0.469 e. The summed E-state index contributed by atoms with van der Waals surface area (Å²) in [6.07, 6.45) is 5.43. The summed E-state index contributed by atoms with van der Waals surface area (Å²) < 4.78 is 7.14. The highest BCUT2D eigenvalue weighted by Crippen LogP contribution is 2.46. The van der Waals surface area contributed by atoms with E-state index in [1.54, 1.807) is 0 Å². The molecule has 0 saturated carbocycles. The second-order valence-corrected chi connectivity index (χ2v) is 7.03. The van der Waals surface area contributed by atoms with Gasteiger partial charge in [0.05, 0.1) is 13.0 Å². The van der Waals surface area contributed by atoms with Crippen LogP contribution in [0.1, 0.15) is 36.3 Å². The molecule has 0 unspecified atom stereocenters. The van der Waals surface area contributed by atoms with Crippen molar-refractivity contribution in [2.45, 2.75) is 37.3 Å². The Balaban J connectivity index is 1.91. The summed E-state index contributed by atoms with van der Waals surface area (Å²) in [6.45, 7) is 0. The maximum Gasteiger partial charge on any atom is 0.310 e. The zero-order chi connectivity index (χ0) is 15.7. The number of methoxy groups -OCH3 is 1. The number of carbonyl (C=O) groups excluding carboxylic acids is 1. The average Bonchev–Trinajstić information content (AvgIpc) is 2.77. The molecular formula is C18H22INO2. The van der Waals surface area contributed by atoms with Gasteiger partial charge in [0, 0.05) is 18.0 Å². The molecule has 0 N–H and O–H groups in total. The highest BCUT2D eigenvalue weighted by Gasteiger charge is 2.49. The lowest BCUT2D eigenvalue weighted by molar-refractivity contribution is -0.150. The van der Waals surface area contributed by atoms with Crippen molar-refractivity contribution in [2.75, 3.05) is 14.2 Å². The second kappa shape index (κ2) is 6.71. The molecule has 0 amide bonds. The highest BCUT2D eigenvalue weighted by atomic mass is 127. The number of fused-ring (bicyclic) bond motifs is 2. The summed E-state index contributed by atoms with van der Waals surface area (Å²) in [7, 11) is 3.66. The molecule has 0 spiro atoms. The molecule has 4 atom stereocenters. The lowest BCUT2D eigenvalue weighted by atomic mass is 9.76. The first-order valence-electron chi connectivity index (χ1n) is 7.82. The van der Waals surface area contributed by atoms with E-state index in [4.69, 9.17) is 4.74 Å². The molecule has 2 bridgehead atoms. The van der Waals surface area contributed by atoms with Gasteiger partial charge in [-0.05, 0) is 47.6 Å². The Hall–Kier alpha value is -0.880. The lowest BCUT2D eigenvalue weighted by Crippen LogP contribution is -2.49. The van der Waals surface area contributed by atoms with Crippen molar-refractivity contribution in [2.24, 2.45) is 5.92 Å². The summed E-state index contributed by atoms with van der Waals surface area (Å²) in [4.78, 5) is 14.8. The summed E-state index contributed by atoms with van der Waals surface area (Å²) in [6, 6.07) is 9.56. The van der Waals surface area contributed by atoms with Crippen LogP contribution in [-0.4, -0.2) is 37.1 Å². The predicted molar refractivity (Wildman–Crippen MR) is 96.9 cm³/mol. The Labute approximate surface area is 145 Å². The molecule has 2 fully saturated rings. The van der Waals surface area contributed by atoms with Crippen LogP contribution in [0.2, 0.25) is 0 Å². The van der Waals surface area contributed by atoms with Crippen LogP contribution >= 0.6 is 22.6 Å². The maximum absolute atomic E-state index is 12.4. The van der Waals surface area contributed by atoms with Crippen LogP contribution in [-0.2, 0) is 9.53 Å². The quantitative estimate of drug-likeness (QED) is 0.560. The van der Waals surface area contributed by atoms with Gasteiger partial charge in [0.2, 0.25) is 0 Å². The van der Waals surface area contributed by atoms with Crippen molar-refractivity contribution in [1.82, 2.24) is 4.90 Å². The first-order valence-corrected chi connectivity index (χ1v) is 9.06. The minimum absolute atomic E-state index is 0.0419. The number of piperidine rings is 1. The molecule has 4 heteroatoms. The van der Waals surface area contributed by atoms with Crippen molar-refractivity contribution in [1.29, 1.82) is 0 Å². The molecule has 2 aliphatic rings. The number of esters is 1. The van der Waals surface area contributed by atoms with E-state index in [1.807, 2.05) is 4.08 Å². The zero-order valence-electron chi connectivity index (χ0n) is 13.0. The molecule has 22 heavy (non-hydrogen) atoms. The lowest BCUT2D eigenvalue weighted by Gasteiger charge is -2.41. The van der Waals surface area contributed by atoms with Crippen LogP contribution in [0.25, 0.3) is 6.08 Å². The summed E-state index contributed by atoms with van der Waals surface area (Å²) in [5.74, 6) is 0.178. The fraction of sp³-hybridized carbons (Fsp3) is 0.500. The fourth-order valence-electron chi connectivity index (χ4n) is 4.19. The molecule has 3 nitrogen and oxygen atoms in total. The second-order valence-electron chi connectivity index (χ2n) is 6.31. The molecule has 2 heterocycles. The van der Waals surface area contributed by atoms with E-state index in [-0.39, 0.29) is 17.8 Å². The Morgan fingerprint density at radius 1 is 1.32 bits per heavy atom. The third-order valence-corrected chi connectivity index (χ3v) is 5.72. The fourth-order valence-corrected chi connectivity index (χ4v) is 4.61. The molecule has 2 saturated heterocycles. The van der Waals surface area contributed by atoms with E-state index in [9.17, 15) is 4.79 Å². The van der Waals surface area contributed by atoms with E-state index < -0.39 is 0 Å². The van der Waals surface area contributed by atoms with Crippen LogP contribution in [0.15, 0.2) is 28.3 Å². The van der Waals surface area contributed by atoms with E-state index in [0.29, 0.717) is 12.1 Å². The summed E-state index contributed by atoms with van der Waals surface area (Å²) in [5, 5.41) is 0. The van der Waals surface area contributed by atoms with Gasteiger partial charge in [-0.3, -0.25) is 9.69 Å². The van der Waals surface area contributed by atoms with Gasteiger partial charge in [0.15, 0.2) is 0 Å². The van der Waals surface area contributed by atoms with Gasteiger partial charge >= 0.3 is 5.97 Å². The predicted octanol–water partition coefficient (Wildman–Crippen LogP) is 3.83. The van der Waals surface area contributed by atoms with Crippen molar-refractivity contribution in [3.63, 3.8) is 0 Å². The standard InChI is InChI=1S/C18H22INO2/c1-20-14-7-8-16(20)17(18(21)22-2)15(11-14)13-5-3-12(4-6-13)9-10-19/h3-6,9-10,14-17H,7-8,11H2,1-2H3/b10-9-/t14-,15+,16+,17-/m0/s1. The normalized spacial score (nSPS) is 31.6. The molecule has 0 radical (unpaired) electrons. The topological polar surface area (TPSA) is 29.5 Å². The van der Waals surface area contributed by atoms with Crippen LogP contribution in [0.3, 0.4) is 0 Å². The van der Waals surface area contributed by atoms with Gasteiger partial charge in [-0.25, -0.2) is 0 Å². The number of rotatable bonds is 3. The van der Waals surface area contributed by atoms with Gasteiger partial charge in [-0.15, -0.1) is 0 Å². The Bertz CT molecular complexity index is 569. The van der Waals surface area contributed by atoms with Gasteiger partial charge in [0.25, 0.3) is 0 Å². The van der Waals surface area contributed by atoms with E-state index in [1.165, 1.54) is 24.7 Å². The SMILES string of the molecule is COC(=O)[C@H]1[C@@H](c2ccc(/C=C\I)cc2)C[C@@H]2CC[C@H]1N2C. The molecular weight excluding hydrogens is 389 g/mol. The molecule has 3 rings (SSSR count). The van der Waals surface area contributed by atoms with Gasteiger partial charge in [0.1, 0.15) is 0 Å². The van der Waals surface area contributed by atoms with E-state index in [0.717, 1.165) is 12.8 Å². The smallest absolute Gasteiger partial charge is 0.310 e. The molecule has 0 aromatic heterocycles. The van der Waals surface area contributed by atoms with Crippen molar-refractivity contribution < 1.29 is 9.53 Å². The van der Waals surface area contributed by atoms with Crippen molar-refractivity contribution in [3.05, 3.63) is 39.5 Å². The van der Waals surface area contributed by atoms with Crippen molar-refractivity contribution >= 4 is 34.6 Å². The van der Waals surface area contributed by atoms with Gasteiger partial charge < -0.3 is 4.74 Å². The largest absolute Gasteiger partial charge is 0.469 e. The number of hydrogen-bond donors (Lipinski definition) is 0. The summed E-state index contributed by atoms with van der Waals surface area (Å²) >= 11 is 2.23. The third-order valence-electron chi connectivity index (χ3n) is 5.36. The van der Waals surface area contributed by atoms with E-state index >= 15 is 0 Å². The average molecular weight is 411 g/mol. The number of halogens is 1. The van der Waals surface area contributed by atoms with Gasteiger partial charge in [-0.1, -0.05) is 46.9 Å². The van der Waals surface area contributed by atoms with Gasteiger partial charge in [-0.2, -0.15) is 0 Å². The first-order chi connectivity index (χ1) is 10.7. The molecule has 1 aromatic carbocycles. The number of ether oxygens (including phenoxy) is 1. The summed E-state index contributed by atoms with van der Waals surface area (Å²) in [5.41, 5.74) is 2.47. The Kier molecular flexibility index (Phi) is 4.88. The monoisotopic (exact) mass is 411 g/mol. The first kappa shape index (κ1) is 16.0. The maximum atomic E-state index is 12.4.